The minimum atomic E-state index is 0.596. The van der Waals surface area contributed by atoms with E-state index in [1.54, 1.807) is 12.1 Å². The van der Waals surface area contributed by atoms with Crippen LogP contribution in [0.3, 0.4) is 0 Å². The molecule has 1 heterocycles. The molecule has 0 aliphatic rings. The van der Waals surface area contributed by atoms with Crippen LogP contribution >= 0.6 is 0 Å². The number of nitrogens with zero attached hydrogens (tertiary/aromatic N) is 3. The van der Waals surface area contributed by atoms with E-state index in [1.165, 1.54) is 0 Å². The molecule has 21 heavy (non-hydrogen) atoms. The maximum atomic E-state index is 9.01. The molecule has 0 unspecified atom stereocenters. The number of rotatable bonds is 4. The molecule has 4 N–H and O–H groups in total. The Kier molecular flexibility index (Phi) is 4.36. The van der Waals surface area contributed by atoms with Crippen molar-refractivity contribution in [3.05, 3.63) is 40.7 Å². The van der Waals surface area contributed by atoms with Gasteiger partial charge in [-0.25, -0.2) is 15.8 Å². The fourth-order valence-electron chi connectivity index (χ4n) is 1.94. The lowest BCUT2D eigenvalue weighted by molar-refractivity contribution is 0.932. The van der Waals surface area contributed by atoms with Gasteiger partial charge >= 0.3 is 0 Å². The van der Waals surface area contributed by atoms with Crippen molar-refractivity contribution in [2.75, 3.05) is 10.7 Å². The van der Waals surface area contributed by atoms with Gasteiger partial charge in [-0.1, -0.05) is 13.0 Å². The number of nitrogen functional groups attached to an aromatic ring is 1. The monoisotopic (exact) mass is 282 g/mol. The zero-order valence-corrected chi connectivity index (χ0v) is 12.4. The highest BCUT2D eigenvalue weighted by atomic mass is 15.3. The molecule has 1 aromatic carbocycles. The fourth-order valence-corrected chi connectivity index (χ4v) is 1.94. The van der Waals surface area contributed by atoms with E-state index >= 15 is 0 Å². The van der Waals surface area contributed by atoms with Gasteiger partial charge in [0.05, 0.1) is 11.6 Å². The Morgan fingerprint density at radius 3 is 2.57 bits per heavy atom. The number of aromatic nitrogens is 2. The first kappa shape index (κ1) is 14.8. The molecule has 0 radical (unpaired) electrons. The minimum Gasteiger partial charge on any atom is -0.340 e. The van der Waals surface area contributed by atoms with Crippen molar-refractivity contribution in [1.82, 2.24) is 9.97 Å². The highest BCUT2D eigenvalue weighted by Crippen LogP contribution is 2.25. The Hall–Kier alpha value is -2.65. The standard InChI is InChI=1S/C15H18N6/c1-4-13-19-14(10(3)15(20-13)21-17)18-12-7-11(8-16)6-5-9(12)2/h5-7H,4,17H2,1-3H3,(H2,18,19,20,21). The van der Waals surface area contributed by atoms with Crippen LogP contribution in [0, 0.1) is 25.2 Å². The van der Waals surface area contributed by atoms with Gasteiger partial charge in [-0.3, -0.25) is 0 Å². The number of aryl methyl sites for hydroxylation is 2. The van der Waals surface area contributed by atoms with Crippen LogP contribution in [0.4, 0.5) is 17.3 Å². The lowest BCUT2D eigenvalue weighted by Crippen LogP contribution is -2.14. The quantitative estimate of drug-likeness (QED) is 0.588. The van der Waals surface area contributed by atoms with Crippen LogP contribution in [-0.2, 0) is 6.42 Å². The molecule has 1 aromatic heterocycles. The van der Waals surface area contributed by atoms with E-state index in [4.69, 9.17) is 11.1 Å². The third-order valence-corrected chi connectivity index (χ3v) is 3.26. The van der Waals surface area contributed by atoms with E-state index in [0.717, 1.165) is 16.8 Å². The summed E-state index contributed by atoms with van der Waals surface area (Å²) in [6.07, 6.45) is 0.709. The largest absolute Gasteiger partial charge is 0.340 e. The predicted octanol–water partition coefficient (Wildman–Crippen LogP) is 2.56. The van der Waals surface area contributed by atoms with E-state index in [-0.39, 0.29) is 0 Å². The molecule has 0 fully saturated rings. The topological polar surface area (TPSA) is 99.6 Å². The second-order valence-electron chi connectivity index (χ2n) is 4.73. The van der Waals surface area contributed by atoms with Crippen LogP contribution in [0.15, 0.2) is 18.2 Å². The van der Waals surface area contributed by atoms with Gasteiger partial charge in [-0.05, 0) is 31.5 Å². The van der Waals surface area contributed by atoms with Crippen LogP contribution in [0.5, 0.6) is 0 Å². The summed E-state index contributed by atoms with van der Waals surface area (Å²) >= 11 is 0. The molecule has 0 atom stereocenters. The number of anilines is 3. The third kappa shape index (κ3) is 3.09. The van der Waals surface area contributed by atoms with Crippen LogP contribution < -0.4 is 16.6 Å². The number of nitrogens with one attached hydrogen (secondary N) is 2. The Labute approximate surface area is 124 Å². The van der Waals surface area contributed by atoms with Crippen molar-refractivity contribution >= 4 is 17.3 Å². The van der Waals surface area contributed by atoms with Crippen molar-refractivity contribution in [2.24, 2.45) is 5.84 Å². The van der Waals surface area contributed by atoms with Crippen LogP contribution in [-0.4, -0.2) is 9.97 Å². The molecular weight excluding hydrogens is 264 g/mol. The highest BCUT2D eigenvalue weighted by molar-refractivity contribution is 5.67. The van der Waals surface area contributed by atoms with E-state index in [9.17, 15) is 0 Å². The number of benzene rings is 1. The maximum Gasteiger partial charge on any atom is 0.148 e. The van der Waals surface area contributed by atoms with Crippen molar-refractivity contribution < 1.29 is 0 Å². The number of hydrazine groups is 1. The molecule has 0 aliphatic carbocycles. The molecule has 0 amide bonds. The minimum absolute atomic E-state index is 0.596. The smallest absolute Gasteiger partial charge is 0.148 e. The van der Waals surface area contributed by atoms with Gasteiger partial charge < -0.3 is 10.7 Å². The molecule has 0 aliphatic heterocycles. The van der Waals surface area contributed by atoms with Gasteiger partial charge in [0, 0.05) is 17.7 Å². The summed E-state index contributed by atoms with van der Waals surface area (Å²) in [5, 5.41) is 12.3. The molecule has 2 rings (SSSR count). The normalized spacial score (nSPS) is 10.0. The highest BCUT2D eigenvalue weighted by Gasteiger charge is 2.11. The molecule has 108 valence electrons. The summed E-state index contributed by atoms with van der Waals surface area (Å²) in [6.45, 7) is 5.85. The molecule has 0 bridgehead atoms. The summed E-state index contributed by atoms with van der Waals surface area (Å²) in [6, 6.07) is 7.63. The zero-order valence-electron chi connectivity index (χ0n) is 12.4. The van der Waals surface area contributed by atoms with Gasteiger partial charge in [0.15, 0.2) is 0 Å². The number of nitriles is 1. The average Bonchev–Trinajstić information content (AvgIpc) is 2.51. The molecule has 6 heteroatoms. The SMILES string of the molecule is CCc1nc(NN)c(C)c(Nc2cc(C#N)ccc2C)n1. The van der Waals surface area contributed by atoms with Crippen LogP contribution in [0.2, 0.25) is 0 Å². The predicted molar refractivity (Wildman–Crippen MR) is 83.1 cm³/mol. The lowest BCUT2D eigenvalue weighted by Gasteiger charge is -2.14. The van der Waals surface area contributed by atoms with E-state index in [0.29, 0.717) is 29.4 Å². The number of nitrogens with two attached hydrogens (primary N) is 1. The van der Waals surface area contributed by atoms with E-state index < -0.39 is 0 Å². The zero-order chi connectivity index (χ0) is 15.4. The van der Waals surface area contributed by atoms with E-state index in [2.05, 4.69) is 26.8 Å². The second kappa shape index (κ2) is 6.20. The Balaban J connectivity index is 2.46. The number of hydrogen-bond donors (Lipinski definition) is 3. The van der Waals surface area contributed by atoms with Gasteiger partial charge in [-0.2, -0.15) is 5.26 Å². The van der Waals surface area contributed by atoms with Gasteiger partial charge in [0.1, 0.15) is 17.5 Å². The Bertz CT molecular complexity index is 702. The first-order chi connectivity index (χ1) is 10.1. The molecule has 6 nitrogen and oxygen atoms in total. The molecule has 0 spiro atoms. The Morgan fingerprint density at radius 2 is 1.95 bits per heavy atom. The third-order valence-electron chi connectivity index (χ3n) is 3.26. The average molecular weight is 282 g/mol. The fraction of sp³-hybridized carbons (Fsp3) is 0.267. The lowest BCUT2D eigenvalue weighted by atomic mass is 10.1. The number of hydrogen-bond acceptors (Lipinski definition) is 6. The molecule has 2 aromatic rings. The van der Waals surface area contributed by atoms with Gasteiger partial charge in [-0.15, -0.1) is 0 Å². The van der Waals surface area contributed by atoms with Gasteiger partial charge in [0.2, 0.25) is 0 Å². The van der Waals surface area contributed by atoms with Crippen molar-refractivity contribution in [3.63, 3.8) is 0 Å². The molecule has 0 saturated carbocycles. The van der Waals surface area contributed by atoms with Crippen molar-refractivity contribution in [3.8, 4) is 6.07 Å². The first-order valence-electron chi connectivity index (χ1n) is 6.71. The first-order valence-corrected chi connectivity index (χ1v) is 6.71. The Morgan fingerprint density at radius 1 is 1.24 bits per heavy atom. The van der Waals surface area contributed by atoms with Crippen LogP contribution in [0.1, 0.15) is 29.4 Å². The molecule has 0 saturated heterocycles. The molecular formula is C15H18N6. The second-order valence-corrected chi connectivity index (χ2v) is 4.73. The summed E-state index contributed by atoms with van der Waals surface area (Å²) in [5.41, 5.74) is 5.90. The summed E-state index contributed by atoms with van der Waals surface area (Å²) in [5.74, 6) is 7.48. The van der Waals surface area contributed by atoms with Gasteiger partial charge in [0.25, 0.3) is 0 Å². The summed E-state index contributed by atoms with van der Waals surface area (Å²) < 4.78 is 0. The van der Waals surface area contributed by atoms with Crippen LogP contribution in [0.25, 0.3) is 0 Å². The van der Waals surface area contributed by atoms with E-state index in [1.807, 2.05) is 26.8 Å². The maximum absolute atomic E-state index is 9.01. The van der Waals surface area contributed by atoms with Crippen molar-refractivity contribution in [2.45, 2.75) is 27.2 Å². The summed E-state index contributed by atoms with van der Waals surface area (Å²) in [4.78, 5) is 8.82. The van der Waals surface area contributed by atoms with Crippen molar-refractivity contribution in [1.29, 1.82) is 5.26 Å². The summed E-state index contributed by atoms with van der Waals surface area (Å²) in [7, 11) is 0.